The zero-order valence-electron chi connectivity index (χ0n) is 21.9. The lowest BCUT2D eigenvalue weighted by Gasteiger charge is -2.36. The number of thiazole rings is 1. The Balaban J connectivity index is 1.29. The predicted molar refractivity (Wildman–Crippen MR) is 157 cm³/mol. The third kappa shape index (κ3) is 7.94. The average Bonchev–Trinajstić information content (AvgIpc) is 3.34. The fourth-order valence-electron chi connectivity index (χ4n) is 4.40. The lowest BCUT2D eigenvalue weighted by atomic mass is 10.1. The molecule has 39 heavy (non-hydrogen) atoms. The molecule has 11 heteroatoms. The largest absolute Gasteiger partial charge is 0.368 e. The van der Waals surface area contributed by atoms with E-state index < -0.39 is 0 Å². The van der Waals surface area contributed by atoms with E-state index in [1.807, 2.05) is 43.0 Å². The first-order chi connectivity index (χ1) is 18.7. The van der Waals surface area contributed by atoms with Crippen LogP contribution in [-0.4, -0.2) is 71.8 Å². The van der Waals surface area contributed by atoms with Crippen molar-refractivity contribution in [3.05, 3.63) is 75.2 Å². The van der Waals surface area contributed by atoms with Crippen LogP contribution in [0.3, 0.4) is 0 Å². The number of halogens is 2. The van der Waals surface area contributed by atoms with Gasteiger partial charge in [0.05, 0.1) is 22.7 Å². The van der Waals surface area contributed by atoms with Crippen LogP contribution in [-0.2, 0) is 16.0 Å². The maximum atomic E-state index is 13.1. The SMILES string of the molecule is CC(C)CN(CC(=O)Nc1nc(CC(=O)N2CCN(c3cccc(Cl)c3)CC2)cs1)C(=O)c1ccccc1Cl. The van der Waals surface area contributed by atoms with Gasteiger partial charge in [-0.1, -0.05) is 55.2 Å². The molecular weight excluding hydrogens is 557 g/mol. The Morgan fingerprint density at radius 2 is 1.79 bits per heavy atom. The van der Waals surface area contributed by atoms with Gasteiger partial charge in [-0.25, -0.2) is 4.98 Å². The van der Waals surface area contributed by atoms with Crippen LogP contribution < -0.4 is 10.2 Å². The number of anilines is 2. The number of benzene rings is 2. The fraction of sp³-hybridized carbons (Fsp3) is 0.357. The monoisotopic (exact) mass is 587 g/mol. The minimum Gasteiger partial charge on any atom is -0.368 e. The molecule has 0 atom stereocenters. The zero-order chi connectivity index (χ0) is 27.9. The molecule has 0 saturated carbocycles. The molecule has 0 unspecified atom stereocenters. The Morgan fingerprint density at radius 1 is 1.05 bits per heavy atom. The summed E-state index contributed by atoms with van der Waals surface area (Å²) in [6.07, 6.45) is 0.161. The number of nitrogens with one attached hydrogen (secondary N) is 1. The van der Waals surface area contributed by atoms with Gasteiger partial charge in [0.15, 0.2) is 5.13 Å². The van der Waals surface area contributed by atoms with Crippen molar-refractivity contribution >= 4 is 63.1 Å². The summed E-state index contributed by atoms with van der Waals surface area (Å²) in [6.45, 7) is 6.91. The molecule has 1 N–H and O–H groups in total. The molecule has 3 aromatic rings. The van der Waals surface area contributed by atoms with Crippen molar-refractivity contribution in [1.82, 2.24) is 14.8 Å². The number of aromatic nitrogens is 1. The van der Waals surface area contributed by atoms with Crippen LogP contribution in [0.4, 0.5) is 10.8 Å². The number of hydrogen-bond acceptors (Lipinski definition) is 6. The van der Waals surface area contributed by atoms with E-state index in [4.69, 9.17) is 23.2 Å². The highest BCUT2D eigenvalue weighted by molar-refractivity contribution is 7.13. The van der Waals surface area contributed by atoms with Crippen molar-refractivity contribution in [2.24, 2.45) is 5.92 Å². The molecule has 1 fully saturated rings. The maximum absolute atomic E-state index is 13.1. The van der Waals surface area contributed by atoms with Gasteiger partial charge in [0.1, 0.15) is 6.54 Å². The normalized spacial score (nSPS) is 13.5. The van der Waals surface area contributed by atoms with Gasteiger partial charge in [0.2, 0.25) is 11.8 Å². The summed E-state index contributed by atoms with van der Waals surface area (Å²) in [5.41, 5.74) is 2.01. The molecule has 2 aromatic carbocycles. The Kier molecular flexibility index (Phi) is 9.83. The summed E-state index contributed by atoms with van der Waals surface area (Å²) in [7, 11) is 0. The van der Waals surface area contributed by atoms with Gasteiger partial charge < -0.3 is 20.0 Å². The molecular formula is C28H31Cl2N5O3S. The van der Waals surface area contributed by atoms with Gasteiger partial charge in [-0.05, 0) is 36.2 Å². The third-order valence-electron chi connectivity index (χ3n) is 6.25. The molecule has 0 spiro atoms. The van der Waals surface area contributed by atoms with Gasteiger partial charge in [-0.15, -0.1) is 11.3 Å². The lowest BCUT2D eigenvalue weighted by Crippen LogP contribution is -2.49. The molecule has 0 radical (unpaired) electrons. The van der Waals surface area contributed by atoms with E-state index >= 15 is 0 Å². The molecule has 0 bridgehead atoms. The summed E-state index contributed by atoms with van der Waals surface area (Å²) in [5.74, 6) is -0.503. The van der Waals surface area contributed by atoms with Crippen LogP contribution in [0.5, 0.6) is 0 Å². The average molecular weight is 589 g/mol. The Morgan fingerprint density at radius 3 is 2.49 bits per heavy atom. The quantitative estimate of drug-likeness (QED) is 0.377. The van der Waals surface area contributed by atoms with E-state index in [0.29, 0.717) is 46.1 Å². The van der Waals surface area contributed by atoms with Crippen molar-refractivity contribution < 1.29 is 14.4 Å². The van der Waals surface area contributed by atoms with E-state index in [2.05, 4.69) is 15.2 Å². The van der Waals surface area contributed by atoms with Crippen molar-refractivity contribution in [3.63, 3.8) is 0 Å². The topological polar surface area (TPSA) is 85.8 Å². The highest BCUT2D eigenvalue weighted by Crippen LogP contribution is 2.22. The minimum absolute atomic E-state index is 0.00244. The second kappa shape index (κ2) is 13.3. The second-order valence-electron chi connectivity index (χ2n) is 9.78. The lowest BCUT2D eigenvalue weighted by molar-refractivity contribution is -0.130. The van der Waals surface area contributed by atoms with E-state index in [1.54, 1.807) is 29.6 Å². The number of hydrogen-bond donors (Lipinski definition) is 1. The van der Waals surface area contributed by atoms with Gasteiger partial charge in [0, 0.05) is 48.8 Å². The smallest absolute Gasteiger partial charge is 0.255 e. The van der Waals surface area contributed by atoms with Crippen molar-refractivity contribution in [3.8, 4) is 0 Å². The van der Waals surface area contributed by atoms with Crippen molar-refractivity contribution in [2.75, 3.05) is 49.5 Å². The maximum Gasteiger partial charge on any atom is 0.255 e. The highest BCUT2D eigenvalue weighted by atomic mass is 35.5. The Labute approximate surface area is 242 Å². The molecule has 4 rings (SSSR count). The first-order valence-electron chi connectivity index (χ1n) is 12.8. The van der Waals surface area contributed by atoms with Crippen LogP contribution in [0, 0.1) is 5.92 Å². The summed E-state index contributed by atoms with van der Waals surface area (Å²) >= 11 is 13.6. The van der Waals surface area contributed by atoms with Crippen LogP contribution in [0.25, 0.3) is 0 Å². The molecule has 1 aliphatic rings. The Bertz CT molecular complexity index is 1320. The molecule has 0 aliphatic carbocycles. The number of carbonyl (C=O) groups is 3. The van der Waals surface area contributed by atoms with E-state index in [1.165, 1.54) is 16.2 Å². The summed E-state index contributed by atoms with van der Waals surface area (Å²) in [5, 5.41) is 5.97. The third-order valence-corrected chi connectivity index (χ3v) is 7.62. The fourth-order valence-corrected chi connectivity index (χ4v) is 5.52. The van der Waals surface area contributed by atoms with Crippen LogP contribution >= 0.6 is 34.5 Å². The molecule has 3 amide bonds. The standard InChI is InChI=1S/C28H31Cl2N5O3S/c1-19(2)16-35(27(38)23-8-3-4-9-24(23)30)17-25(36)32-28-31-21(18-39-28)15-26(37)34-12-10-33(11-13-34)22-7-5-6-20(29)14-22/h3-9,14,18-19H,10-13,15-17H2,1-2H3,(H,31,32,36). The van der Waals surface area contributed by atoms with Crippen LogP contribution in [0.15, 0.2) is 53.9 Å². The first kappa shape index (κ1) is 28.9. The predicted octanol–water partition coefficient (Wildman–Crippen LogP) is 5.08. The van der Waals surface area contributed by atoms with Gasteiger partial charge in [-0.2, -0.15) is 0 Å². The molecule has 1 aliphatic heterocycles. The second-order valence-corrected chi connectivity index (χ2v) is 11.5. The number of nitrogens with zero attached hydrogens (tertiary/aromatic N) is 4. The molecule has 1 aromatic heterocycles. The minimum atomic E-state index is -0.361. The van der Waals surface area contributed by atoms with Gasteiger partial charge in [-0.3, -0.25) is 14.4 Å². The van der Waals surface area contributed by atoms with Crippen molar-refractivity contribution in [1.29, 1.82) is 0 Å². The molecule has 1 saturated heterocycles. The number of carbonyl (C=O) groups excluding carboxylic acids is 3. The molecule has 2 heterocycles. The van der Waals surface area contributed by atoms with Gasteiger partial charge >= 0.3 is 0 Å². The van der Waals surface area contributed by atoms with E-state index in [-0.39, 0.29) is 36.6 Å². The summed E-state index contributed by atoms with van der Waals surface area (Å²) in [4.78, 5) is 48.8. The van der Waals surface area contributed by atoms with Crippen LogP contribution in [0.1, 0.15) is 29.9 Å². The first-order valence-corrected chi connectivity index (χ1v) is 14.4. The summed E-state index contributed by atoms with van der Waals surface area (Å²) < 4.78 is 0. The molecule has 206 valence electrons. The van der Waals surface area contributed by atoms with Crippen LogP contribution in [0.2, 0.25) is 10.0 Å². The summed E-state index contributed by atoms with van der Waals surface area (Å²) in [6, 6.07) is 14.5. The van der Waals surface area contributed by atoms with Crippen molar-refractivity contribution in [2.45, 2.75) is 20.3 Å². The number of piperazine rings is 1. The highest BCUT2D eigenvalue weighted by Gasteiger charge is 2.24. The van der Waals surface area contributed by atoms with Gasteiger partial charge in [0.25, 0.3) is 5.91 Å². The number of rotatable bonds is 9. The number of amides is 3. The zero-order valence-corrected chi connectivity index (χ0v) is 24.2. The molecule has 8 nitrogen and oxygen atoms in total. The van der Waals surface area contributed by atoms with E-state index in [0.717, 1.165) is 18.8 Å². The van der Waals surface area contributed by atoms with E-state index in [9.17, 15) is 14.4 Å². The Hall–Kier alpha value is -3.14.